The largest absolute Gasteiger partial charge is 0.390 e. The summed E-state index contributed by atoms with van der Waals surface area (Å²) in [4.78, 5) is 0.233. The number of hydrogen-bond donors (Lipinski definition) is 2. The molecule has 6 heteroatoms. The molecule has 0 amide bonds. The Morgan fingerprint density at radius 2 is 1.95 bits per heavy atom. The first-order valence-electron chi connectivity index (χ1n) is 6.80. The van der Waals surface area contributed by atoms with Crippen molar-refractivity contribution in [1.29, 1.82) is 0 Å². The van der Waals surface area contributed by atoms with E-state index in [1.165, 1.54) is 0 Å². The van der Waals surface area contributed by atoms with Crippen molar-refractivity contribution in [3.8, 4) is 0 Å². The molecular weight excluding hydrogens is 264 g/mol. The molecule has 0 spiro atoms. The molecule has 2 N–H and O–H groups in total. The molecule has 0 saturated carbocycles. The average Bonchev–Trinajstić information content (AvgIpc) is 2.80. The lowest BCUT2D eigenvalue weighted by molar-refractivity contribution is 0.270. The van der Waals surface area contributed by atoms with Gasteiger partial charge >= 0.3 is 0 Å². The molecule has 0 atom stereocenters. The van der Waals surface area contributed by atoms with Crippen LogP contribution in [0.5, 0.6) is 0 Å². The van der Waals surface area contributed by atoms with Crippen LogP contribution in [-0.4, -0.2) is 24.1 Å². The zero-order valence-electron chi connectivity index (χ0n) is 11.9. The van der Waals surface area contributed by atoms with E-state index in [-0.39, 0.29) is 17.5 Å². The van der Waals surface area contributed by atoms with Gasteiger partial charge in [-0.1, -0.05) is 20.8 Å². The van der Waals surface area contributed by atoms with Gasteiger partial charge in [0.15, 0.2) is 0 Å². The lowest BCUT2D eigenvalue weighted by Gasteiger charge is -2.13. The molecule has 19 heavy (non-hydrogen) atoms. The number of aliphatic hydroxyl groups is 1. The highest BCUT2D eigenvalue weighted by Gasteiger charge is 2.20. The van der Waals surface area contributed by atoms with E-state index in [4.69, 9.17) is 0 Å². The lowest BCUT2D eigenvalue weighted by Crippen LogP contribution is -2.33. The maximum absolute atomic E-state index is 12.2. The van der Waals surface area contributed by atoms with Gasteiger partial charge < -0.3 is 9.67 Å². The third-order valence-electron chi connectivity index (χ3n) is 3.21. The highest BCUT2D eigenvalue weighted by atomic mass is 32.2. The summed E-state index contributed by atoms with van der Waals surface area (Å²) < 4.78 is 29.0. The first-order valence-corrected chi connectivity index (χ1v) is 8.29. The van der Waals surface area contributed by atoms with Gasteiger partial charge in [-0.3, -0.25) is 0 Å². The van der Waals surface area contributed by atoms with Gasteiger partial charge in [0.25, 0.3) is 0 Å². The molecule has 0 aromatic carbocycles. The Balaban J connectivity index is 3.01. The van der Waals surface area contributed by atoms with Crippen LogP contribution in [0.3, 0.4) is 0 Å². The number of hydrogen-bond acceptors (Lipinski definition) is 3. The second-order valence-electron chi connectivity index (χ2n) is 4.65. The van der Waals surface area contributed by atoms with E-state index in [1.54, 1.807) is 16.8 Å². The quantitative estimate of drug-likeness (QED) is 0.767. The Hall–Kier alpha value is -0.850. The minimum Gasteiger partial charge on any atom is -0.390 e. The zero-order chi connectivity index (χ0) is 14.5. The van der Waals surface area contributed by atoms with Crippen molar-refractivity contribution < 1.29 is 13.5 Å². The van der Waals surface area contributed by atoms with Crippen LogP contribution in [0.25, 0.3) is 0 Å². The molecule has 1 heterocycles. The minimum atomic E-state index is -3.50. The second kappa shape index (κ2) is 7.07. The van der Waals surface area contributed by atoms with Gasteiger partial charge in [0.1, 0.15) is 0 Å². The van der Waals surface area contributed by atoms with Gasteiger partial charge in [-0.05, 0) is 25.3 Å². The number of rotatable bonds is 8. The Morgan fingerprint density at radius 3 is 2.42 bits per heavy atom. The van der Waals surface area contributed by atoms with Crippen molar-refractivity contribution in [3.63, 3.8) is 0 Å². The summed E-state index contributed by atoms with van der Waals surface area (Å²) in [7, 11) is -3.50. The fourth-order valence-electron chi connectivity index (χ4n) is 2.00. The van der Waals surface area contributed by atoms with E-state index in [0.717, 1.165) is 19.3 Å². The number of nitrogens with zero attached hydrogens (tertiary/aromatic N) is 1. The molecule has 0 bridgehead atoms. The molecule has 0 fully saturated rings. The summed E-state index contributed by atoms with van der Waals surface area (Å²) in [6.45, 7) is 6.48. The van der Waals surface area contributed by atoms with Crippen molar-refractivity contribution >= 4 is 10.0 Å². The predicted molar refractivity (Wildman–Crippen MR) is 75.3 cm³/mol. The second-order valence-corrected chi connectivity index (χ2v) is 6.37. The third kappa shape index (κ3) is 4.06. The number of nitrogens with one attached hydrogen (secondary N) is 1. The van der Waals surface area contributed by atoms with Crippen molar-refractivity contribution in [2.75, 3.05) is 0 Å². The van der Waals surface area contributed by atoms with Crippen LogP contribution >= 0.6 is 0 Å². The zero-order valence-corrected chi connectivity index (χ0v) is 12.7. The van der Waals surface area contributed by atoms with Crippen LogP contribution in [0.4, 0.5) is 0 Å². The van der Waals surface area contributed by atoms with Crippen LogP contribution < -0.4 is 4.72 Å². The Bertz CT molecular complexity index is 490. The fourth-order valence-corrected chi connectivity index (χ4v) is 3.46. The normalized spacial score (nSPS) is 12.3. The summed E-state index contributed by atoms with van der Waals surface area (Å²) in [5, 5.41) is 9.26. The third-order valence-corrected chi connectivity index (χ3v) is 4.69. The van der Waals surface area contributed by atoms with Gasteiger partial charge in [0.2, 0.25) is 10.0 Å². The van der Waals surface area contributed by atoms with E-state index in [1.807, 2.05) is 20.8 Å². The standard InChI is InChI=1S/C13H24N2O3S/c1-4-7-15-9-13(8-12(15)10-16)19(17,18)14-11(5-2)6-3/h8-9,11,14,16H,4-7,10H2,1-3H3. The van der Waals surface area contributed by atoms with Crippen molar-refractivity contribution in [2.45, 2.75) is 64.1 Å². The fraction of sp³-hybridized carbons (Fsp3) is 0.692. The van der Waals surface area contributed by atoms with E-state index in [2.05, 4.69) is 4.72 Å². The Morgan fingerprint density at radius 1 is 1.32 bits per heavy atom. The monoisotopic (exact) mass is 288 g/mol. The van der Waals surface area contributed by atoms with Gasteiger partial charge in [-0.2, -0.15) is 0 Å². The molecule has 0 unspecified atom stereocenters. The maximum Gasteiger partial charge on any atom is 0.242 e. The lowest BCUT2D eigenvalue weighted by atomic mass is 10.2. The minimum absolute atomic E-state index is 0.0444. The summed E-state index contributed by atoms with van der Waals surface area (Å²) in [6, 6.07) is 1.50. The molecule has 1 rings (SSSR count). The number of sulfonamides is 1. The summed E-state index contributed by atoms with van der Waals surface area (Å²) in [5.41, 5.74) is 0.631. The van der Waals surface area contributed by atoms with Gasteiger partial charge in [-0.25, -0.2) is 13.1 Å². The van der Waals surface area contributed by atoms with Gasteiger partial charge in [0.05, 0.1) is 11.5 Å². The summed E-state index contributed by atoms with van der Waals surface area (Å²) in [5.74, 6) is 0. The molecule has 0 aliphatic carbocycles. The van der Waals surface area contributed by atoms with Gasteiger partial charge in [0, 0.05) is 24.5 Å². The first-order chi connectivity index (χ1) is 8.98. The van der Waals surface area contributed by atoms with Crippen LogP contribution in [0.15, 0.2) is 17.2 Å². The molecule has 0 aliphatic heterocycles. The van der Waals surface area contributed by atoms with Gasteiger partial charge in [-0.15, -0.1) is 0 Å². The van der Waals surface area contributed by atoms with E-state index in [9.17, 15) is 13.5 Å². The molecule has 1 aromatic rings. The maximum atomic E-state index is 12.2. The SMILES string of the molecule is CCCn1cc(S(=O)(=O)NC(CC)CC)cc1CO. The molecule has 0 radical (unpaired) electrons. The Labute approximate surface area is 115 Å². The highest BCUT2D eigenvalue weighted by molar-refractivity contribution is 7.89. The van der Waals surface area contributed by atoms with Crippen molar-refractivity contribution in [3.05, 3.63) is 18.0 Å². The number of aryl methyl sites for hydroxylation is 1. The average molecular weight is 288 g/mol. The van der Waals surface area contributed by atoms with Crippen LogP contribution in [0.1, 0.15) is 45.7 Å². The van der Waals surface area contributed by atoms with Crippen molar-refractivity contribution in [2.24, 2.45) is 0 Å². The van der Waals surface area contributed by atoms with E-state index in [0.29, 0.717) is 12.2 Å². The molecule has 5 nitrogen and oxygen atoms in total. The summed E-state index contributed by atoms with van der Waals surface area (Å²) in [6.07, 6.45) is 4.01. The molecule has 0 aliphatic rings. The van der Waals surface area contributed by atoms with Crippen LogP contribution in [0, 0.1) is 0 Å². The van der Waals surface area contributed by atoms with E-state index < -0.39 is 10.0 Å². The smallest absolute Gasteiger partial charge is 0.242 e. The van der Waals surface area contributed by atoms with E-state index >= 15 is 0 Å². The molecule has 110 valence electrons. The molecular formula is C13H24N2O3S. The van der Waals surface area contributed by atoms with Crippen LogP contribution in [-0.2, 0) is 23.2 Å². The number of aromatic nitrogens is 1. The Kier molecular flexibility index (Phi) is 6.03. The van der Waals surface area contributed by atoms with Crippen molar-refractivity contribution in [1.82, 2.24) is 9.29 Å². The molecule has 0 saturated heterocycles. The predicted octanol–water partition coefficient (Wildman–Crippen LogP) is 1.86. The molecule has 1 aromatic heterocycles. The summed E-state index contributed by atoms with van der Waals surface area (Å²) >= 11 is 0. The first kappa shape index (κ1) is 16.2. The number of aliphatic hydroxyl groups excluding tert-OH is 1. The highest BCUT2D eigenvalue weighted by Crippen LogP contribution is 2.16. The van der Waals surface area contributed by atoms with Crippen LogP contribution in [0.2, 0.25) is 0 Å². The topological polar surface area (TPSA) is 71.3 Å².